The molecule has 6 heteroatoms. The van der Waals surface area contributed by atoms with Crippen molar-refractivity contribution >= 4 is 22.5 Å². The van der Waals surface area contributed by atoms with E-state index in [1.54, 1.807) is 23.2 Å². The average Bonchev–Trinajstić information content (AvgIpc) is 2.89. The summed E-state index contributed by atoms with van der Waals surface area (Å²) in [5.74, 6) is -0.0941. The number of H-pyrrole nitrogens is 1. The fourth-order valence-electron chi connectivity index (χ4n) is 2.55. The molecule has 4 N–H and O–H groups in total. The summed E-state index contributed by atoms with van der Waals surface area (Å²) in [6, 6.07) is 5.13. The summed E-state index contributed by atoms with van der Waals surface area (Å²) in [7, 11) is 0. The van der Waals surface area contributed by atoms with E-state index >= 15 is 0 Å². The number of benzene rings is 1. The lowest BCUT2D eigenvalue weighted by Gasteiger charge is -2.34. The lowest BCUT2D eigenvalue weighted by molar-refractivity contribution is -0.0183. The number of rotatable bonds is 2. The number of hydrogen-bond acceptors (Lipinski definition) is 4. The Morgan fingerprint density at radius 3 is 3.20 bits per heavy atom. The van der Waals surface area contributed by atoms with Crippen LogP contribution in [0.4, 0.5) is 5.69 Å². The van der Waals surface area contributed by atoms with Crippen LogP contribution >= 0.6 is 0 Å². The van der Waals surface area contributed by atoms with Gasteiger partial charge < -0.3 is 25.5 Å². The molecule has 2 heterocycles. The lowest BCUT2D eigenvalue weighted by Crippen LogP contribution is -2.50. The third-order valence-corrected chi connectivity index (χ3v) is 3.64. The van der Waals surface area contributed by atoms with Gasteiger partial charge in [0.2, 0.25) is 0 Å². The first-order valence-corrected chi connectivity index (χ1v) is 6.57. The molecule has 0 saturated carbocycles. The normalized spacial score (nSPS) is 19.4. The van der Waals surface area contributed by atoms with Gasteiger partial charge in [0.25, 0.3) is 5.91 Å². The highest BCUT2D eigenvalue weighted by atomic mass is 16.5. The van der Waals surface area contributed by atoms with Crippen molar-refractivity contribution in [1.29, 1.82) is 0 Å². The van der Waals surface area contributed by atoms with Crippen molar-refractivity contribution in [1.82, 2.24) is 9.88 Å². The molecule has 1 amide bonds. The molecule has 1 aromatic heterocycles. The van der Waals surface area contributed by atoms with E-state index in [2.05, 4.69) is 4.98 Å². The summed E-state index contributed by atoms with van der Waals surface area (Å²) in [5, 5.41) is 10.2. The van der Waals surface area contributed by atoms with E-state index in [0.29, 0.717) is 31.0 Å². The van der Waals surface area contributed by atoms with Gasteiger partial charge >= 0.3 is 0 Å². The van der Waals surface area contributed by atoms with Crippen LogP contribution in [0.3, 0.4) is 0 Å². The van der Waals surface area contributed by atoms with Gasteiger partial charge in [-0.3, -0.25) is 4.79 Å². The highest BCUT2D eigenvalue weighted by Gasteiger charge is 2.28. The fourth-order valence-corrected chi connectivity index (χ4v) is 2.55. The number of fused-ring (bicyclic) bond motifs is 1. The second-order valence-corrected chi connectivity index (χ2v) is 4.92. The monoisotopic (exact) mass is 275 g/mol. The van der Waals surface area contributed by atoms with E-state index in [-0.39, 0.29) is 18.6 Å². The largest absolute Gasteiger partial charge is 0.399 e. The smallest absolute Gasteiger partial charge is 0.256 e. The average molecular weight is 275 g/mol. The number of morpholine rings is 1. The van der Waals surface area contributed by atoms with Crippen LogP contribution < -0.4 is 5.73 Å². The van der Waals surface area contributed by atoms with Crippen molar-refractivity contribution in [3.63, 3.8) is 0 Å². The van der Waals surface area contributed by atoms with Gasteiger partial charge in [0.15, 0.2) is 0 Å². The number of carbonyl (C=O) groups excluding carboxylic acids is 1. The van der Waals surface area contributed by atoms with Crippen molar-refractivity contribution in [3.05, 3.63) is 30.0 Å². The summed E-state index contributed by atoms with van der Waals surface area (Å²) in [4.78, 5) is 17.4. The first-order valence-electron chi connectivity index (χ1n) is 6.57. The lowest BCUT2D eigenvalue weighted by atomic mass is 10.1. The van der Waals surface area contributed by atoms with Gasteiger partial charge in [-0.25, -0.2) is 0 Å². The van der Waals surface area contributed by atoms with Crippen molar-refractivity contribution in [2.45, 2.75) is 6.04 Å². The third-order valence-electron chi connectivity index (χ3n) is 3.64. The second kappa shape index (κ2) is 5.15. The SMILES string of the molecule is Nc1ccc2c(C(=O)N3CCOCC3CO)c[nH]c2c1. The van der Waals surface area contributed by atoms with Gasteiger partial charge in [0.1, 0.15) is 0 Å². The number of nitrogens with two attached hydrogens (primary N) is 1. The Bertz CT molecular complexity index is 638. The molecule has 0 bridgehead atoms. The molecule has 1 aromatic carbocycles. The third kappa shape index (κ3) is 2.13. The number of nitrogens with zero attached hydrogens (tertiary/aromatic N) is 1. The predicted octanol–water partition coefficient (Wildman–Crippen LogP) is 0.583. The number of hydrogen-bond donors (Lipinski definition) is 3. The van der Waals surface area contributed by atoms with Gasteiger partial charge in [0.05, 0.1) is 31.4 Å². The van der Waals surface area contributed by atoms with Crippen LogP contribution in [0, 0.1) is 0 Å². The maximum absolute atomic E-state index is 12.6. The molecular weight excluding hydrogens is 258 g/mol. The number of aliphatic hydroxyl groups is 1. The number of nitrogen functional groups attached to an aromatic ring is 1. The molecule has 0 spiro atoms. The minimum Gasteiger partial charge on any atom is -0.399 e. The number of carbonyl (C=O) groups is 1. The summed E-state index contributed by atoms with van der Waals surface area (Å²) in [5.41, 5.74) is 7.81. The second-order valence-electron chi connectivity index (χ2n) is 4.92. The molecular formula is C14H17N3O3. The first kappa shape index (κ1) is 13.0. The van der Waals surface area contributed by atoms with Crippen molar-refractivity contribution < 1.29 is 14.6 Å². The molecule has 1 atom stereocenters. The summed E-state index contributed by atoms with van der Waals surface area (Å²) < 4.78 is 5.30. The molecule has 106 valence electrons. The Hall–Kier alpha value is -2.05. The standard InChI is InChI=1S/C14H17N3O3/c15-9-1-2-11-12(6-16-13(11)5-9)14(19)17-3-4-20-8-10(17)7-18/h1-2,5-6,10,16,18H,3-4,7-8,15H2. The van der Waals surface area contributed by atoms with Crippen LogP contribution in [0.1, 0.15) is 10.4 Å². The minimum atomic E-state index is -0.282. The van der Waals surface area contributed by atoms with Crippen LogP contribution in [0.5, 0.6) is 0 Å². The summed E-state index contributed by atoms with van der Waals surface area (Å²) in [6.45, 7) is 1.27. The number of ether oxygens (including phenoxy) is 1. The molecule has 1 aliphatic rings. The molecule has 1 unspecified atom stereocenters. The molecule has 1 saturated heterocycles. The number of aromatic amines is 1. The minimum absolute atomic E-state index is 0.0941. The van der Waals surface area contributed by atoms with Crippen LogP contribution in [-0.4, -0.2) is 53.3 Å². The van der Waals surface area contributed by atoms with Gasteiger partial charge in [0, 0.05) is 29.3 Å². The van der Waals surface area contributed by atoms with E-state index in [1.807, 2.05) is 6.07 Å². The Morgan fingerprint density at radius 2 is 2.40 bits per heavy atom. The molecule has 1 fully saturated rings. The summed E-state index contributed by atoms with van der Waals surface area (Å²) >= 11 is 0. The van der Waals surface area contributed by atoms with Crippen molar-refractivity contribution in [2.75, 3.05) is 32.1 Å². The zero-order valence-corrected chi connectivity index (χ0v) is 11.0. The van der Waals surface area contributed by atoms with Crippen molar-refractivity contribution in [2.24, 2.45) is 0 Å². The number of anilines is 1. The topological polar surface area (TPSA) is 91.6 Å². The van der Waals surface area contributed by atoms with Crippen molar-refractivity contribution in [3.8, 4) is 0 Å². The molecule has 1 aliphatic heterocycles. The predicted molar refractivity (Wildman–Crippen MR) is 75.4 cm³/mol. The highest BCUT2D eigenvalue weighted by molar-refractivity contribution is 6.07. The van der Waals surface area contributed by atoms with Gasteiger partial charge in [-0.05, 0) is 18.2 Å². The molecule has 0 aliphatic carbocycles. The van der Waals surface area contributed by atoms with E-state index in [9.17, 15) is 9.90 Å². The Balaban J connectivity index is 1.95. The number of nitrogens with one attached hydrogen (secondary N) is 1. The van der Waals surface area contributed by atoms with Gasteiger partial charge in [-0.1, -0.05) is 0 Å². The zero-order valence-electron chi connectivity index (χ0n) is 11.0. The molecule has 0 radical (unpaired) electrons. The van der Waals surface area contributed by atoms with E-state index in [4.69, 9.17) is 10.5 Å². The number of aromatic nitrogens is 1. The van der Waals surface area contributed by atoms with Gasteiger partial charge in [-0.15, -0.1) is 0 Å². The van der Waals surface area contributed by atoms with Crippen LogP contribution in [0.2, 0.25) is 0 Å². The quantitative estimate of drug-likeness (QED) is 0.699. The highest BCUT2D eigenvalue weighted by Crippen LogP contribution is 2.23. The fraction of sp³-hybridized carbons (Fsp3) is 0.357. The van der Waals surface area contributed by atoms with E-state index < -0.39 is 0 Å². The Labute approximate surface area is 116 Å². The molecule has 2 aromatic rings. The maximum Gasteiger partial charge on any atom is 0.256 e. The molecule has 20 heavy (non-hydrogen) atoms. The first-order chi connectivity index (χ1) is 9.70. The molecule has 3 rings (SSSR count). The Morgan fingerprint density at radius 1 is 1.55 bits per heavy atom. The van der Waals surface area contributed by atoms with Crippen LogP contribution in [0.25, 0.3) is 10.9 Å². The van der Waals surface area contributed by atoms with Gasteiger partial charge in [-0.2, -0.15) is 0 Å². The van der Waals surface area contributed by atoms with Crippen LogP contribution in [0.15, 0.2) is 24.4 Å². The Kier molecular flexibility index (Phi) is 3.33. The number of aliphatic hydroxyl groups excluding tert-OH is 1. The molecule has 6 nitrogen and oxygen atoms in total. The summed E-state index contributed by atoms with van der Waals surface area (Å²) in [6.07, 6.45) is 1.69. The van der Waals surface area contributed by atoms with E-state index in [1.165, 1.54) is 0 Å². The number of amides is 1. The maximum atomic E-state index is 12.6. The zero-order chi connectivity index (χ0) is 14.1. The van der Waals surface area contributed by atoms with E-state index in [0.717, 1.165) is 10.9 Å². The van der Waals surface area contributed by atoms with Crippen LogP contribution in [-0.2, 0) is 4.74 Å².